The first kappa shape index (κ1) is 24.7. The maximum absolute atomic E-state index is 6.38. The van der Waals surface area contributed by atoms with Crippen LogP contribution in [0, 0.1) is 12.1 Å². The van der Waals surface area contributed by atoms with E-state index in [1.54, 1.807) is 12.4 Å². The molecule has 0 radical (unpaired) electrons. The smallest absolute Gasteiger partial charge is 0.497 e. The standard InChI is InChI=1S/C35H19N5O.Pt/c1-2-5-22(6-3-1)25-7-4-8-32-33(25)27-12-10-24(20-29(27)35-38-16-18-40(32)35)41-23-9-11-26-28(19-23)34-37-15-17-39(34)31-13-14-36-21-30(26)31;/h1-18,21H;/q-2;+2. The molecule has 0 bridgehead atoms. The molecule has 0 aliphatic heterocycles. The first-order valence-corrected chi connectivity index (χ1v) is 13.4. The Morgan fingerprint density at radius 1 is 0.595 bits per heavy atom. The van der Waals surface area contributed by atoms with Crippen molar-refractivity contribution in [1.29, 1.82) is 0 Å². The van der Waals surface area contributed by atoms with Gasteiger partial charge in [0.2, 0.25) is 0 Å². The summed E-state index contributed by atoms with van der Waals surface area (Å²) in [5.41, 5.74) is 6.14. The summed E-state index contributed by atoms with van der Waals surface area (Å²) in [5.74, 6) is 1.18. The van der Waals surface area contributed by atoms with Gasteiger partial charge >= 0.3 is 21.1 Å². The summed E-state index contributed by atoms with van der Waals surface area (Å²) in [7, 11) is 0. The number of aromatic nitrogens is 5. The Hall–Kier alpha value is -5.06. The topological polar surface area (TPSA) is 56.7 Å². The normalized spacial score (nSPS) is 11.6. The van der Waals surface area contributed by atoms with Gasteiger partial charge in [-0.3, -0.25) is 15.0 Å². The van der Waals surface area contributed by atoms with Gasteiger partial charge in [-0.25, -0.2) is 0 Å². The van der Waals surface area contributed by atoms with Gasteiger partial charge in [0.05, 0.1) is 11.3 Å². The van der Waals surface area contributed by atoms with Gasteiger partial charge < -0.3 is 13.5 Å². The van der Waals surface area contributed by atoms with Crippen LogP contribution in [0.1, 0.15) is 0 Å². The van der Waals surface area contributed by atoms with Crippen LogP contribution >= 0.6 is 0 Å². The van der Waals surface area contributed by atoms with Crippen molar-refractivity contribution in [2.24, 2.45) is 0 Å². The van der Waals surface area contributed by atoms with E-state index in [1.165, 1.54) is 5.56 Å². The minimum atomic E-state index is 0. The number of benzene rings is 4. The Kier molecular flexibility index (Phi) is 5.59. The molecule has 0 amide bonds. The second kappa shape index (κ2) is 9.50. The van der Waals surface area contributed by atoms with E-state index in [4.69, 9.17) is 9.72 Å². The van der Waals surface area contributed by atoms with Gasteiger partial charge in [-0.1, -0.05) is 88.3 Å². The second-order valence-electron chi connectivity index (χ2n) is 10.0. The fourth-order valence-electron chi connectivity index (χ4n) is 6.02. The first-order valence-electron chi connectivity index (χ1n) is 13.4. The van der Waals surface area contributed by atoms with E-state index in [1.807, 2.05) is 55.1 Å². The quantitative estimate of drug-likeness (QED) is 0.137. The molecule has 0 saturated carbocycles. The summed E-state index contributed by atoms with van der Waals surface area (Å²) in [6, 6.07) is 33.9. The van der Waals surface area contributed by atoms with Gasteiger partial charge in [-0.2, -0.15) is 0 Å². The number of ether oxygens (including phenoxy) is 1. The summed E-state index contributed by atoms with van der Waals surface area (Å²) >= 11 is 0. The van der Waals surface area contributed by atoms with Crippen LogP contribution in [0.4, 0.5) is 0 Å². The van der Waals surface area contributed by atoms with Crippen molar-refractivity contribution in [1.82, 2.24) is 23.8 Å². The first-order chi connectivity index (χ1) is 20.3. The molecule has 0 N–H and O–H groups in total. The Labute approximate surface area is 254 Å². The van der Waals surface area contributed by atoms with Crippen LogP contribution in [0.25, 0.3) is 65.8 Å². The molecule has 0 unspecified atom stereocenters. The number of pyridine rings is 3. The number of hydrogen-bond donors (Lipinski definition) is 0. The van der Waals surface area contributed by atoms with E-state index >= 15 is 0 Å². The number of fused-ring (bicyclic) bond motifs is 12. The van der Waals surface area contributed by atoms with Crippen molar-refractivity contribution in [3.05, 3.63) is 128 Å². The largest absolute Gasteiger partial charge is 2.00 e. The van der Waals surface area contributed by atoms with E-state index in [0.717, 1.165) is 60.2 Å². The molecule has 4 aromatic carbocycles. The Morgan fingerprint density at radius 2 is 1.29 bits per heavy atom. The van der Waals surface area contributed by atoms with E-state index in [9.17, 15) is 0 Å². The molecule has 0 saturated heterocycles. The van der Waals surface area contributed by atoms with Crippen LogP contribution in [0.5, 0.6) is 11.5 Å². The fourth-order valence-corrected chi connectivity index (χ4v) is 6.02. The van der Waals surface area contributed by atoms with E-state index in [2.05, 4.69) is 79.4 Å². The molecule has 0 fully saturated rings. The zero-order chi connectivity index (χ0) is 26.9. The molecule has 7 heteroatoms. The molecule has 0 atom stereocenters. The van der Waals surface area contributed by atoms with Crippen LogP contribution in [0.2, 0.25) is 0 Å². The molecule has 0 aliphatic carbocycles. The van der Waals surface area contributed by atoms with Gasteiger partial charge in [-0.15, -0.1) is 12.1 Å². The van der Waals surface area contributed by atoms with Crippen molar-refractivity contribution in [3.63, 3.8) is 0 Å². The van der Waals surface area contributed by atoms with Crippen molar-refractivity contribution < 1.29 is 25.8 Å². The van der Waals surface area contributed by atoms with E-state index in [-0.39, 0.29) is 21.1 Å². The molecule has 9 aromatic rings. The third-order valence-corrected chi connectivity index (χ3v) is 7.79. The monoisotopic (exact) mass is 720 g/mol. The zero-order valence-electron chi connectivity index (χ0n) is 21.9. The molecule has 5 aromatic heterocycles. The average Bonchev–Trinajstić information content (AvgIpc) is 3.73. The fraction of sp³-hybridized carbons (Fsp3) is 0. The van der Waals surface area contributed by atoms with Crippen molar-refractivity contribution >= 4 is 54.6 Å². The predicted octanol–water partition coefficient (Wildman–Crippen LogP) is 8.05. The number of imidazole rings is 2. The maximum Gasteiger partial charge on any atom is 2.00 e. The molecule has 0 spiro atoms. The van der Waals surface area contributed by atoms with Crippen LogP contribution in [0.15, 0.2) is 116 Å². The second-order valence-corrected chi connectivity index (χ2v) is 10.0. The molecule has 9 rings (SSSR count). The number of hydrogen-bond acceptors (Lipinski definition) is 4. The number of nitrogens with zero attached hydrogens (tertiary/aromatic N) is 5. The van der Waals surface area contributed by atoms with Crippen LogP contribution in [-0.2, 0) is 21.1 Å². The van der Waals surface area contributed by atoms with Gasteiger partial charge in [0, 0.05) is 59.7 Å². The van der Waals surface area contributed by atoms with Crippen LogP contribution in [0.3, 0.4) is 0 Å². The van der Waals surface area contributed by atoms with E-state index < -0.39 is 0 Å². The Bertz CT molecular complexity index is 2460. The summed E-state index contributed by atoms with van der Waals surface area (Å²) < 4.78 is 10.6. The zero-order valence-corrected chi connectivity index (χ0v) is 24.2. The molecule has 200 valence electrons. The van der Waals surface area contributed by atoms with Gasteiger partial charge in [-0.05, 0) is 34.0 Å². The summed E-state index contributed by atoms with van der Waals surface area (Å²) in [5, 5.41) is 6.07. The van der Waals surface area contributed by atoms with E-state index in [0.29, 0.717) is 11.5 Å². The van der Waals surface area contributed by atoms with Crippen LogP contribution < -0.4 is 4.74 Å². The summed E-state index contributed by atoms with van der Waals surface area (Å²) in [6.07, 6.45) is 11.3. The average molecular weight is 721 g/mol. The van der Waals surface area contributed by atoms with Crippen molar-refractivity contribution in [2.75, 3.05) is 0 Å². The minimum Gasteiger partial charge on any atom is -0.497 e. The predicted molar refractivity (Wildman–Crippen MR) is 161 cm³/mol. The van der Waals surface area contributed by atoms with Gasteiger partial charge in [0.25, 0.3) is 0 Å². The minimum absolute atomic E-state index is 0. The third-order valence-electron chi connectivity index (χ3n) is 7.79. The van der Waals surface area contributed by atoms with Crippen molar-refractivity contribution in [2.45, 2.75) is 0 Å². The molecular formula is C35H19N5OPt. The maximum atomic E-state index is 6.38. The SMILES string of the molecule is [Pt+2].[c-]1c(Oc2[c-]c3c(cc2)c2c(-c4ccccc4)cccc2n2ccnc32)ccc2c1c1nccn1c1ccncc21. The Balaban J connectivity index is 0.00000267. The molecule has 0 aliphatic rings. The summed E-state index contributed by atoms with van der Waals surface area (Å²) in [6.45, 7) is 0. The molecule has 5 heterocycles. The van der Waals surface area contributed by atoms with Gasteiger partial charge in [0.15, 0.2) is 0 Å². The Morgan fingerprint density at radius 3 is 2.05 bits per heavy atom. The summed E-state index contributed by atoms with van der Waals surface area (Å²) in [4.78, 5) is 13.7. The van der Waals surface area contributed by atoms with Crippen LogP contribution in [-0.4, -0.2) is 23.8 Å². The van der Waals surface area contributed by atoms with Crippen molar-refractivity contribution in [3.8, 4) is 22.6 Å². The molecule has 6 nitrogen and oxygen atoms in total. The van der Waals surface area contributed by atoms with Gasteiger partial charge in [0.1, 0.15) is 0 Å². The third kappa shape index (κ3) is 3.59. The molecular weight excluding hydrogens is 701 g/mol. The number of rotatable bonds is 3. The molecule has 42 heavy (non-hydrogen) atoms.